The van der Waals surface area contributed by atoms with Gasteiger partial charge in [-0.05, 0) is 19.3 Å². The molecule has 0 bridgehead atoms. The Labute approximate surface area is 147 Å². The first-order valence-electron chi connectivity index (χ1n) is 9.70. The molecule has 0 saturated heterocycles. The van der Waals surface area contributed by atoms with Crippen LogP contribution in [0.2, 0.25) is 0 Å². The van der Waals surface area contributed by atoms with Gasteiger partial charge in [0.1, 0.15) is 6.04 Å². The van der Waals surface area contributed by atoms with Crippen molar-refractivity contribution in [1.29, 1.82) is 0 Å². The summed E-state index contributed by atoms with van der Waals surface area (Å²) in [4.78, 5) is 21.9. The van der Waals surface area contributed by atoms with E-state index in [0.717, 1.165) is 51.4 Å². The number of carboxylic acid groups (broad SMARTS) is 2. The largest absolute Gasteiger partial charge is 0.481 e. The zero-order chi connectivity index (χ0) is 18.2. The second kappa shape index (κ2) is 15.4. The van der Waals surface area contributed by atoms with Crippen LogP contribution in [0.5, 0.6) is 0 Å². The maximum absolute atomic E-state index is 11.3. The second-order valence-electron chi connectivity index (χ2n) is 6.88. The molecule has 0 aromatic rings. The molecule has 0 amide bonds. The number of hydrogen-bond donors (Lipinski definition) is 3. The van der Waals surface area contributed by atoms with E-state index < -0.39 is 18.0 Å². The molecule has 0 aromatic carbocycles. The number of aliphatic carboxylic acids is 2. The fourth-order valence-corrected chi connectivity index (χ4v) is 2.97. The van der Waals surface area contributed by atoms with Gasteiger partial charge in [0.15, 0.2) is 0 Å². The lowest BCUT2D eigenvalue weighted by atomic mass is 9.94. The fraction of sp³-hybridized carbons (Fsp3) is 0.895. The predicted octanol–water partition coefficient (Wildman–Crippen LogP) is 4.58. The summed E-state index contributed by atoms with van der Waals surface area (Å²) in [7, 11) is 0. The van der Waals surface area contributed by atoms with Crippen LogP contribution in [0.3, 0.4) is 0 Å². The lowest BCUT2D eigenvalue weighted by Gasteiger charge is -2.12. The van der Waals surface area contributed by atoms with Gasteiger partial charge in [-0.15, -0.1) is 0 Å². The SMILES string of the molecule is CCCCCCCCCC(CCCCCCC(N)C(=O)O)C(=O)O. The summed E-state index contributed by atoms with van der Waals surface area (Å²) in [6.07, 6.45) is 14.1. The van der Waals surface area contributed by atoms with E-state index in [-0.39, 0.29) is 5.92 Å². The molecule has 5 nitrogen and oxygen atoms in total. The van der Waals surface area contributed by atoms with Gasteiger partial charge in [-0.1, -0.05) is 77.6 Å². The first kappa shape index (κ1) is 22.9. The molecule has 0 aliphatic heterocycles. The van der Waals surface area contributed by atoms with E-state index in [9.17, 15) is 14.7 Å². The molecule has 2 atom stereocenters. The number of nitrogens with two attached hydrogens (primary N) is 1. The summed E-state index contributed by atoms with van der Waals surface area (Å²) in [5.74, 6) is -1.84. The van der Waals surface area contributed by atoms with Crippen LogP contribution >= 0.6 is 0 Å². The summed E-state index contributed by atoms with van der Waals surface area (Å²) in [6.45, 7) is 2.21. The Bertz CT molecular complexity index is 333. The molecular formula is C19H37NO4. The third-order valence-electron chi connectivity index (χ3n) is 4.64. The van der Waals surface area contributed by atoms with Crippen LogP contribution in [-0.4, -0.2) is 28.2 Å². The van der Waals surface area contributed by atoms with Crippen molar-refractivity contribution in [2.45, 2.75) is 103 Å². The Hall–Kier alpha value is -1.10. The van der Waals surface area contributed by atoms with Gasteiger partial charge in [0.05, 0.1) is 5.92 Å². The molecule has 0 spiro atoms. The molecule has 0 fully saturated rings. The monoisotopic (exact) mass is 343 g/mol. The third kappa shape index (κ3) is 13.3. The Balaban J connectivity index is 3.63. The first-order chi connectivity index (χ1) is 11.5. The highest BCUT2D eigenvalue weighted by atomic mass is 16.4. The molecule has 0 rings (SSSR count). The van der Waals surface area contributed by atoms with Crippen molar-refractivity contribution in [3.63, 3.8) is 0 Å². The number of carboxylic acids is 2. The third-order valence-corrected chi connectivity index (χ3v) is 4.64. The van der Waals surface area contributed by atoms with Gasteiger partial charge in [-0.3, -0.25) is 9.59 Å². The molecule has 4 N–H and O–H groups in total. The standard InChI is InChI=1S/C19H37NO4/c1-2-3-4-5-6-7-10-13-16(18(21)22)14-11-8-9-12-15-17(20)19(23)24/h16-17H,2-15,20H2,1H3,(H,21,22)(H,23,24). The van der Waals surface area contributed by atoms with Crippen molar-refractivity contribution in [1.82, 2.24) is 0 Å². The van der Waals surface area contributed by atoms with E-state index >= 15 is 0 Å². The molecular weight excluding hydrogens is 306 g/mol. The van der Waals surface area contributed by atoms with E-state index in [0.29, 0.717) is 6.42 Å². The van der Waals surface area contributed by atoms with Crippen molar-refractivity contribution in [2.75, 3.05) is 0 Å². The Morgan fingerprint density at radius 2 is 1.12 bits per heavy atom. The van der Waals surface area contributed by atoms with Gasteiger partial charge in [0.25, 0.3) is 0 Å². The summed E-state index contributed by atoms with van der Waals surface area (Å²) in [5, 5.41) is 18.0. The van der Waals surface area contributed by atoms with Gasteiger partial charge in [-0.25, -0.2) is 0 Å². The van der Waals surface area contributed by atoms with E-state index in [4.69, 9.17) is 10.8 Å². The molecule has 142 valence electrons. The minimum atomic E-state index is -0.948. The molecule has 0 heterocycles. The van der Waals surface area contributed by atoms with Crippen LogP contribution in [0.4, 0.5) is 0 Å². The molecule has 0 aliphatic carbocycles. The van der Waals surface area contributed by atoms with E-state index in [2.05, 4.69) is 6.92 Å². The van der Waals surface area contributed by atoms with Crippen LogP contribution in [-0.2, 0) is 9.59 Å². The molecule has 0 aliphatic rings. The zero-order valence-corrected chi connectivity index (χ0v) is 15.3. The number of carbonyl (C=O) groups is 2. The summed E-state index contributed by atoms with van der Waals surface area (Å²) in [5.41, 5.74) is 5.45. The van der Waals surface area contributed by atoms with Gasteiger partial charge in [0, 0.05) is 0 Å². The van der Waals surface area contributed by atoms with E-state index in [1.807, 2.05) is 0 Å². The van der Waals surface area contributed by atoms with Gasteiger partial charge in [-0.2, -0.15) is 0 Å². The van der Waals surface area contributed by atoms with Gasteiger partial charge in [0.2, 0.25) is 0 Å². The zero-order valence-electron chi connectivity index (χ0n) is 15.3. The van der Waals surface area contributed by atoms with Crippen LogP contribution in [0.1, 0.15) is 96.8 Å². The fourth-order valence-electron chi connectivity index (χ4n) is 2.97. The molecule has 0 aromatic heterocycles. The first-order valence-corrected chi connectivity index (χ1v) is 9.70. The van der Waals surface area contributed by atoms with Crippen molar-refractivity contribution < 1.29 is 19.8 Å². The Morgan fingerprint density at radius 3 is 1.54 bits per heavy atom. The van der Waals surface area contributed by atoms with E-state index in [1.165, 1.54) is 32.1 Å². The van der Waals surface area contributed by atoms with Crippen molar-refractivity contribution in [3.8, 4) is 0 Å². The van der Waals surface area contributed by atoms with Crippen molar-refractivity contribution >= 4 is 11.9 Å². The van der Waals surface area contributed by atoms with Crippen molar-refractivity contribution in [2.24, 2.45) is 11.7 Å². The van der Waals surface area contributed by atoms with Gasteiger partial charge < -0.3 is 15.9 Å². The Morgan fingerprint density at radius 1 is 0.708 bits per heavy atom. The normalized spacial score (nSPS) is 13.6. The maximum atomic E-state index is 11.3. The number of rotatable bonds is 17. The number of hydrogen-bond acceptors (Lipinski definition) is 3. The van der Waals surface area contributed by atoms with Crippen molar-refractivity contribution in [3.05, 3.63) is 0 Å². The minimum absolute atomic E-state index is 0.220. The highest BCUT2D eigenvalue weighted by molar-refractivity contribution is 5.72. The number of unbranched alkanes of at least 4 members (excludes halogenated alkanes) is 9. The molecule has 2 unspecified atom stereocenters. The smallest absolute Gasteiger partial charge is 0.320 e. The summed E-state index contributed by atoms with van der Waals surface area (Å²) in [6, 6.07) is -0.769. The van der Waals surface area contributed by atoms with Crippen LogP contribution in [0, 0.1) is 5.92 Å². The van der Waals surface area contributed by atoms with Gasteiger partial charge >= 0.3 is 11.9 Å². The lowest BCUT2D eigenvalue weighted by Crippen LogP contribution is -2.29. The highest BCUT2D eigenvalue weighted by Crippen LogP contribution is 2.19. The van der Waals surface area contributed by atoms with Crippen LogP contribution < -0.4 is 5.73 Å². The molecule has 5 heteroatoms. The second-order valence-corrected chi connectivity index (χ2v) is 6.88. The molecule has 0 radical (unpaired) electrons. The maximum Gasteiger partial charge on any atom is 0.320 e. The summed E-state index contributed by atoms with van der Waals surface area (Å²) < 4.78 is 0. The van der Waals surface area contributed by atoms with Crippen LogP contribution in [0.25, 0.3) is 0 Å². The Kier molecular flexibility index (Phi) is 14.7. The summed E-state index contributed by atoms with van der Waals surface area (Å²) >= 11 is 0. The minimum Gasteiger partial charge on any atom is -0.481 e. The topological polar surface area (TPSA) is 101 Å². The quantitative estimate of drug-likeness (QED) is 0.336. The average Bonchev–Trinajstić information content (AvgIpc) is 2.54. The van der Waals surface area contributed by atoms with E-state index in [1.54, 1.807) is 0 Å². The molecule has 0 saturated carbocycles. The average molecular weight is 344 g/mol. The van der Waals surface area contributed by atoms with Crippen LogP contribution in [0.15, 0.2) is 0 Å². The lowest BCUT2D eigenvalue weighted by molar-refractivity contribution is -0.142. The molecule has 24 heavy (non-hydrogen) atoms. The highest BCUT2D eigenvalue weighted by Gasteiger charge is 2.16. The predicted molar refractivity (Wildman–Crippen MR) is 97.0 cm³/mol.